The van der Waals surface area contributed by atoms with E-state index in [9.17, 15) is 0 Å². The minimum absolute atomic E-state index is 0.878. The molecule has 10 heavy (non-hydrogen) atoms. The Labute approximate surface area is 63.2 Å². The summed E-state index contributed by atoms with van der Waals surface area (Å²) in [6.07, 6.45) is 1.18. The van der Waals surface area contributed by atoms with Crippen molar-refractivity contribution in [1.29, 1.82) is 0 Å². The van der Waals surface area contributed by atoms with E-state index in [-0.39, 0.29) is 0 Å². The van der Waals surface area contributed by atoms with E-state index < -0.39 is 0 Å². The van der Waals surface area contributed by atoms with Gasteiger partial charge in [-0.1, -0.05) is 13.8 Å². The molecule has 0 saturated carbocycles. The molecule has 0 rings (SSSR count). The number of likely N-dealkylation sites (N-methyl/N-ethyl adjacent to an activating group) is 1. The molecule has 60 valence electrons. The zero-order chi connectivity index (χ0) is 7.98. The SMILES string of the molecule is CCN(CC)C/C(C)=C/O. The summed E-state index contributed by atoms with van der Waals surface area (Å²) in [5, 5.41) is 8.59. The largest absolute Gasteiger partial charge is 0.516 e. The first-order valence-electron chi connectivity index (χ1n) is 3.76. The van der Waals surface area contributed by atoms with Gasteiger partial charge in [0, 0.05) is 6.54 Å². The number of hydrogen-bond donors (Lipinski definition) is 1. The van der Waals surface area contributed by atoms with E-state index in [1.54, 1.807) is 0 Å². The molecule has 0 aliphatic carbocycles. The van der Waals surface area contributed by atoms with Crippen LogP contribution in [-0.4, -0.2) is 29.6 Å². The molecule has 0 aromatic carbocycles. The van der Waals surface area contributed by atoms with Crippen molar-refractivity contribution in [3.05, 3.63) is 11.8 Å². The van der Waals surface area contributed by atoms with E-state index in [1.807, 2.05) is 6.92 Å². The van der Waals surface area contributed by atoms with E-state index in [1.165, 1.54) is 6.26 Å². The normalized spacial score (nSPS) is 12.6. The fourth-order valence-corrected chi connectivity index (χ4v) is 0.841. The van der Waals surface area contributed by atoms with Crippen LogP contribution in [0.2, 0.25) is 0 Å². The summed E-state index contributed by atoms with van der Waals surface area (Å²) in [4.78, 5) is 2.25. The van der Waals surface area contributed by atoms with E-state index in [4.69, 9.17) is 5.11 Å². The first-order valence-corrected chi connectivity index (χ1v) is 3.76. The van der Waals surface area contributed by atoms with Gasteiger partial charge in [0.2, 0.25) is 0 Å². The third-order valence-corrected chi connectivity index (χ3v) is 1.59. The molecule has 0 aromatic heterocycles. The van der Waals surface area contributed by atoms with Crippen LogP contribution in [0.4, 0.5) is 0 Å². The topological polar surface area (TPSA) is 23.5 Å². The van der Waals surface area contributed by atoms with Crippen molar-refractivity contribution in [2.75, 3.05) is 19.6 Å². The molecule has 1 N–H and O–H groups in total. The van der Waals surface area contributed by atoms with E-state index in [0.717, 1.165) is 25.2 Å². The Morgan fingerprint density at radius 2 is 1.90 bits per heavy atom. The second kappa shape index (κ2) is 5.30. The van der Waals surface area contributed by atoms with Gasteiger partial charge in [-0.3, -0.25) is 4.90 Å². The lowest BCUT2D eigenvalue weighted by molar-refractivity contribution is 0.324. The Kier molecular flexibility index (Phi) is 5.03. The van der Waals surface area contributed by atoms with Crippen molar-refractivity contribution in [1.82, 2.24) is 4.90 Å². The predicted octanol–water partition coefficient (Wildman–Crippen LogP) is 1.79. The van der Waals surface area contributed by atoms with Crippen LogP contribution in [0.5, 0.6) is 0 Å². The van der Waals surface area contributed by atoms with Gasteiger partial charge in [0.05, 0.1) is 6.26 Å². The zero-order valence-corrected chi connectivity index (χ0v) is 7.09. The maximum absolute atomic E-state index is 8.59. The third kappa shape index (κ3) is 3.51. The molecule has 0 aliphatic rings. The summed E-state index contributed by atoms with van der Waals surface area (Å²) >= 11 is 0. The summed E-state index contributed by atoms with van der Waals surface area (Å²) in [6.45, 7) is 9.13. The lowest BCUT2D eigenvalue weighted by Crippen LogP contribution is -2.24. The molecule has 0 spiro atoms. The average Bonchev–Trinajstić information content (AvgIpc) is 1.99. The lowest BCUT2D eigenvalue weighted by Gasteiger charge is -2.17. The summed E-state index contributed by atoms with van der Waals surface area (Å²) in [6, 6.07) is 0. The van der Waals surface area contributed by atoms with Gasteiger partial charge in [-0.25, -0.2) is 0 Å². The maximum atomic E-state index is 8.59. The van der Waals surface area contributed by atoms with Gasteiger partial charge in [0.15, 0.2) is 0 Å². The first-order chi connectivity index (χ1) is 4.74. The van der Waals surface area contributed by atoms with Gasteiger partial charge in [0.25, 0.3) is 0 Å². The molecule has 0 amide bonds. The Hall–Kier alpha value is -0.500. The monoisotopic (exact) mass is 143 g/mol. The second-order valence-electron chi connectivity index (χ2n) is 2.44. The second-order valence-corrected chi connectivity index (χ2v) is 2.44. The molecule has 0 heterocycles. The number of hydrogen-bond acceptors (Lipinski definition) is 2. The highest BCUT2D eigenvalue weighted by molar-refractivity contribution is 4.94. The molecule has 0 aliphatic heterocycles. The van der Waals surface area contributed by atoms with Crippen LogP contribution in [0.3, 0.4) is 0 Å². The molecule has 0 bridgehead atoms. The Morgan fingerprint density at radius 3 is 2.20 bits per heavy atom. The van der Waals surface area contributed by atoms with Crippen molar-refractivity contribution >= 4 is 0 Å². The van der Waals surface area contributed by atoms with Crippen molar-refractivity contribution in [3.63, 3.8) is 0 Å². The number of aliphatic hydroxyl groups is 1. The molecule has 2 heteroatoms. The van der Waals surface area contributed by atoms with Crippen LogP contribution in [-0.2, 0) is 0 Å². The van der Waals surface area contributed by atoms with Crippen LogP contribution in [0.1, 0.15) is 20.8 Å². The molecular weight excluding hydrogens is 126 g/mol. The standard InChI is InChI=1S/C8H17NO/c1-4-9(5-2)6-8(3)7-10/h7,10H,4-6H2,1-3H3/b8-7+. The molecule has 0 aromatic rings. The zero-order valence-electron chi connectivity index (χ0n) is 7.09. The lowest BCUT2D eigenvalue weighted by atomic mass is 10.3. The molecule has 0 fully saturated rings. The number of aliphatic hydroxyl groups excluding tert-OH is 1. The van der Waals surface area contributed by atoms with Gasteiger partial charge in [-0.15, -0.1) is 0 Å². The van der Waals surface area contributed by atoms with Crippen LogP contribution >= 0.6 is 0 Å². The van der Waals surface area contributed by atoms with Gasteiger partial charge in [-0.2, -0.15) is 0 Å². The predicted molar refractivity (Wildman–Crippen MR) is 44.2 cm³/mol. The Bertz CT molecular complexity index is 106. The maximum Gasteiger partial charge on any atom is 0.0793 e. The van der Waals surface area contributed by atoms with E-state index in [0.29, 0.717) is 0 Å². The summed E-state index contributed by atoms with van der Waals surface area (Å²) in [7, 11) is 0. The Morgan fingerprint density at radius 1 is 1.40 bits per heavy atom. The molecule has 0 atom stereocenters. The highest BCUT2D eigenvalue weighted by Gasteiger charge is 1.98. The molecule has 2 nitrogen and oxygen atoms in total. The Balaban J connectivity index is 3.63. The fourth-order valence-electron chi connectivity index (χ4n) is 0.841. The summed E-state index contributed by atoms with van der Waals surface area (Å²) in [5.74, 6) is 0. The van der Waals surface area contributed by atoms with E-state index >= 15 is 0 Å². The molecule has 0 saturated heterocycles. The summed E-state index contributed by atoms with van der Waals surface area (Å²) in [5.41, 5.74) is 1.02. The van der Waals surface area contributed by atoms with Crippen molar-refractivity contribution in [2.45, 2.75) is 20.8 Å². The minimum atomic E-state index is 0.878. The first kappa shape index (κ1) is 9.50. The molecule has 0 radical (unpaired) electrons. The molecule has 0 unspecified atom stereocenters. The van der Waals surface area contributed by atoms with Crippen molar-refractivity contribution < 1.29 is 5.11 Å². The number of nitrogens with zero attached hydrogens (tertiary/aromatic N) is 1. The smallest absolute Gasteiger partial charge is 0.0793 e. The van der Waals surface area contributed by atoms with Crippen molar-refractivity contribution in [3.8, 4) is 0 Å². The average molecular weight is 143 g/mol. The third-order valence-electron chi connectivity index (χ3n) is 1.59. The van der Waals surface area contributed by atoms with Crippen LogP contribution < -0.4 is 0 Å². The highest BCUT2D eigenvalue weighted by atomic mass is 16.2. The summed E-state index contributed by atoms with van der Waals surface area (Å²) < 4.78 is 0. The highest BCUT2D eigenvalue weighted by Crippen LogP contribution is 1.95. The van der Waals surface area contributed by atoms with Crippen LogP contribution in [0.25, 0.3) is 0 Å². The van der Waals surface area contributed by atoms with Gasteiger partial charge in [-0.05, 0) is 25.6 Å². The van der Waals surface area contributed by atoms with E-state index in [2.05, 4.69) is 18.7 Å². The quantitative estimate of drug-likeness (QED) is 0.606. The minimum Gasteiger partial charge on any atom is -0.516 e. The fraction of sp³-hybridized carbons (Fsp3) is 0.750. The van der Waals surface area contributed by atoms with Crippen LogP contribution in [0.15, 0.2) is 11.8 Å². The molecular formula is C8H17NO. The van der Waals surface area contributed by atoms with Gasteiger partial charge in [0.1, 0.15) is 0 Å². The van der Waals surface area contributed by atoms with Crippen LogP contribution in [0, 0.1) is 0 Å². The van der Waals surface area contributed by atoms with Crippen molar-refractivity contribution in [2.24, 2.45) is 0 Å². The number of rotatable bonds is 4. The van der Waals surface area contributed by atoms with Gasteiger partial charge < -0.3 is 5.11 Å². The van der Waals surface area contributed by atoms with Gasteiger partial charge >= 0.3 is 0 Å².